The predicted molar refractivity (Wildman–Crippen MR) is 63.8 cm³/mol. The standard InChI is InChI=1S/C9H13ClN4Si/c1-6-7-8(13-9(10)12-6)14(5-11-7)15(2,3)4/h5H,1-4H3. The van der Waals surface area contributed by atoms with Gasteiger partial charge in [0.05, 0.1) is 12.0 Å². The lowest BCUT2D eigenvalue weighted by molar-refractivity contribution is 1.10. The molecule has 6 heteroatoms. The van der Waals surface area contributed by atoms with E-state index in [1.54, 1.807) is 0 Å². The summed E-state index contributed by atoms with van der Waals surface area (Å²) in [4.78, 5) is 12.7. The fourth-order valence-electron chi connectivity index (χ4n) is 1.50. The Kier molecular flexibility index (Phi) is 2.31. The van der Waals surface area contributed by atoms with Crippen molar-refractivity contribution in [1.29, 1.82) is 0 Å². The molecule has 0 saturated heterocycles. The van der Waals surface area contributed by atoms with Crippen LogP contribution in [0.1, 0.15) is 5.69 Å². The largest absolute Gasteiger partial charge is 0.344 e. The Morgan fingerprint density at radius 1 is 1.27 bits per heavy atom. The number of halogens is 1. The molecule has 0 fully saturated rings. The van der Waals surface area contributed by atoms with E-state index >= 15 is 0 Å². The van der Waals surface area contributed by atoms with Crippen molar-refractivity contribution in [3.63, 3.8) is 0 Å². The van der Waals surface area contributed by atoms with Gasteiger partial charge in [-0.2, -0.15) is 4.98 Å². The number of aromatic nitrogens is 4. The normalized spacial score (nSPS) is 12.3. The van der Waals surface area contributed by atoms with E-state index in [4.69, 9.17) is 11.6 Å². The zero-order chi connectivity index (χ0) is 11.2. The Labute approximate surface area is 94.4 Å². The third-order valence-corrected chi connectivity index (χ3v) is 4.21. The molecule has 0 aliphatic rings. The number of hydrogen-bond acceptors (Lipinski definition) is 3. The van der Waals surface area contributed by atoms with Crippen LogP contribution >= 0.6 is 11.6 Å². The van der Waals surface area contributed by atoms with Gasteiger partial charge < -0.3 is 4.23 Å². The van der Waals surface area contributed by atoms with Crippen LogP contribution in [0.2, 0.25) is 24.9 Å². The Hall–Kier alpha value is -0.943. The highest BCUT2D eigenvalue weighted by atomic mass is 35.5. The van der Waals surface area contributed by atoms with Gasteiger partial charge in [0.2, 0.25) is 5.28 Å². The van der Waals surface area contributed by atoms with E-state index in [1.165, 1.54) is 0 Å². The molecule has 2 rings (SSSR count). The number of nitrogens with zero attached hydrogens (tertiary/aromatic N) is 4. The van der Waals surface area contributed by atoms with Gasteiger partial charge in [0, 0.05) is 0 Å². The first-order valence-corrected chi connectivity index (χ1v) is 8.60. The lowest BCUT2D eigenvalue weighted by Gasteiger charge is -2.18. The van der Waals surface area contributed by atoms with Gasteiger partial charge in [-0.1, -0.05) is 19.6 Å². The zero-order valence-corrected chi connectivity index (χ0v) is 11.0. The summed E-state index contributed by atoms with van der Waals surface area (Å²) in [5.41, 5.74) is 2.54. The second-order valence-corrected chi connectivity index (χ2v) is 9.70. The molecule has 0 atom stereocenters. The monoisotopic (exact) mass is 240 g/mol. The molecule has 2 aromatic rings. The molecular weight excluding hydrogens is 228 g/mol. The van der Waals surface area contributed by atoms with Crippen LogP contribution in [0.3, 0.4) is 0 Å². The molecule has 0 aromatic carbocycles. The highest BCUT2D eigenvalue weighted by Gasteiger charge is 2.21. The molecule has 0 amide bonds. The lowest BCUT2D eigenvalue weighted by atomic mass is 10.4. The van der Waals surface area contributed by atoms with Crippen LogP contribution in [0.15, 0.2) is 6.33 Å². The van der Waals surface area contributed by atoms with Gasteiger partial charge >= 0.3 is 0 Å². The lowest BCUT2D eigenvalue weighted by Crippen LogP contribution is -2.31. The average Bonchev–Trinajstić information content (AvgIpc) is 2.45. The molecule has 80 valence electrons. The van der Waals surface area contributed by atoms with Crippen LogP contribution in [0.25, 0.3) is 11.2 Å². The highest BCUT2D eigenvalue weighted by molar-refractivity contribution is 6.75. The SMILES string of the molecule is Cc1nc(Cl)nc2c1ncn2[Si](C)(C)C. The first-order chi connectivity index (χ1) is 6.89. The molecular formula is C9H13ClN4Si. The molecule has 0 aliphatic carbocycles. The van der Waals surface area contributed by atoms with Gasteiger partial charge in [0.15, 0.2) is 13.9 Å². The Bertz CT molecular complexity index is 515. The maximum absolute atomic E-state index is 5.86. The summed E-state index contributed by atoms with van der Waals surface area (Å²) < 4.78 is 2.14. The third-order valence-electron chi connectivity index (χ3n) is 2.27. The molecule has 0 saturated carbocycles. The molecule has 2 aromatic heterocycles. The molecule has 0 N–H and O–H groups in total. The van der Waals surface area contributed by atoms with Gasteiger partial charge in [-0.05, 0) is 18.5 Å². The fourth-order valence-corrected chi connectivity index (χ4v) is 2.90. The van der Waals surface area contributed by atoms with E-state index in [0.29, 0.717) is 5.28 Å². The van der Waals surface area contributed by atoms with Crippen molar-refractivity contribution in [3.8, 4) is 0 Å². The predicted octanol–water partition coefficient (Wildman–Crippen LogP) is 2.47. The summed E-state index contributed by atoms with van der Waals surface area (Å²) in [6.07, 6.45) is 1.84. The zero-order valence-electron chi connectivity index (χ0n) is 9.24. The quantitative estimate of drug-likeness (QED) is 0.568. The van der Waals surface area contributed by atoms with Crippen molar-refractivity contribution in [2.45, 2.75) is 26.6 Å². The molecule has 0 spiro atoms. The summed E-state index contributed by atoms with van der Waals surface area (Å²) >= 11 is 5.86. The fraction of sp³-hybridized carbons (Fsp3) is 0.444. The van der Waals surface area contributed by atoms with Crippen molar-refractivity contribution in [2.24, 2.45) is 0 Å². The van der Waals surface area contributed by atoms with Crippen LogP contribution in [0.4, 0.5) is 0 Å². The Balaban J connectivity index is 2.80. The van der Waals surface area contributed by atoms with Gasteiger partial charge in [-0.3, -0.25) is 0 Å². The number of imidazole rings is 1. The first kappa shape index (κ1) is 10.6. The Morgan fingerprint density at radius 3 is 2.53 bits per heavy atom. The van der Waals surface area contributed by atoms with Crippen molar-refractivity contribution in [2.75, 3.05) is 0 Å². The second kappa shape index (κ2) is 3.28. The maximum atomic E-state index is 5.86. The minimum Gasteiger partial charge on any atom is -0.344 e. The summed E-state index contributed by atoms with van der Waals surface area (Å²) in [7, 11) is -1.49. The minimum atomic E-state index is -1.49. The maximum Gasteiger partial charge on any atom is 0.224 e. The summed E-state index contributed by atoms with van der Waals surface area (Å²) in [6, 6.07) is 0. The van der Waals surface area contributed by atoms with Crippen LogP contribution in [0, 0.1) is 6.92 Å². The van der Waals surface area contributed by atoms with Crippen LogP contribution < -0.4 is 0 Å². The smallest absolute Gasteiger partial charge is 0.224 e. The van der Waals surface area contributed by atoms with Crippen molar-refractivity contribution in [3.05, 3.63) is 17.3 Å². The van der Waals surface area contributed by atoms with E-state index in [2.05, 4.69) is 38.8 Å². The molecule has 4 nitrogen and oxygen atoms in total. The van der Waals surface area contributed by atoms with Crippen molar-refractivity contribution >= 4 is 31.0 Å². The summed E-state index contributed by atoms with van der Waals surface area (Å²) in [5.74, 6) is 0. The number of hydrogen-bond donors (Lipinski definition) is 0. The number of fused-ring (bicyclic) bond motifs is 1. The van der Waals surface area contributed by atoms with Gasteiger partial charge in [0.1, 0.15) is 5.52 Å². The van der Waals surface area contributed by atoms with Crippen LogP contribution in [-0.4, -0.2) is 27.4 Å². The third kappa shape index (κ3) is 1.77. The minimum absolute atomic E-state index is 0.292. The molecule has 0 unspecified atom stereocenters. The van der Waals surface area contributed by atoms with Crippen molar-refractivity contribution < 1.29 is 0 Å². The number of aryl methyl sites for hydroxylation is 1. The first-order valence-electron chi connectivity index (χ1n) is 4.77. The van der Waals surface area contributed by atoms with E-state index < -0.39 is 8.24 Å². The second-order valence-electron chi connectivity index (χ2n) is 4.54. The van der Waals surface area contributed by atoms with E-state index in [-0.39, 0.29) is 0 Å². The van der Waals surface area contributed by atoms with E-state index in [1.807, 2.05) is 13.3 Å². The highest BCUT2D eigenvalue weighted by Crippen LogP contribution is 2.19. The Morgan fingerprint density at radius 2 is 1.93 bits per heavy atom. The molecule has 2 heterocycles. The number of rotatable bonds is 1. The molecule has 0 bridgehead atoms. The summed E-state index contributed by atoms with van der Waals surface area (Å²) in [5, 5.41) is 0.292. The van der Waals surface area contributed by atoms with E-state index in [0.717, 1.165) is 16.9 Å². The van der Waals surface area contributed by atoms with Crippen LogP contribution in [0.5, 0.6) is 0 Å². The van der Waals surface area contributed by atoms with Gasteiger partial charge in [-0.25, -0.2) is 9.97 Å². The molecule has 0 radical (unpaired) electrons. The average molecular weight is 241 g/mol. The van der Waals surface area contributed by atoms with Gasteiger partial charge in [-0.15, -0.1) is 0 Å². The summed E-state index contributed by atoms with van der Waals surface area (Å²) in [6.45, 7) is 8.61. The van der Waals surface area contributed by atoms with Crippen molar-refractivity contribution in [1.82, 2.24) is 19.2 Å². The topological polar surface area (TPSA) is 43.6 Å². The van der Waals surface area contributed by atoms with Crippen LogP contribution in [-0.2, 0) is 0 Å². The molecule has 15 heavy (non-hydrogen) atoms. The van der Waals surface area contributed by atoms with E-state index in [9.17, 15) is 0 Å². The van der Waals surface area contributed by atoms with Gasteiger partial charge in [0.25, 0.3) is 0 Å². The molecule has 0 aliphatic heterocycles.